The van der Waals surface area contributed by atoms with Crippen molar-refractivity contribution >= 4 is 23.0 Å². The second-order valence-corrected chi connectivity index (χ2v) is 6.38. The van der Waals surface area contributed by atoms with Crippen LogP contribution in [0.15, 0.2) is 30.9 Å². The smallest absolute Gasteiger partial charge is 0.171 e. The van der Waals surface area contributed by atoms with Gasteiger partial charge in [-0.3, -0.25) is 14.0 Å². The molecule has 0 aliphatic heterocycles. The van der Waals surface area contributed by atoms with Crippen molar-refractivity contribution in [3.8, 4) is 0 Å². The van der Waals surface area contributed by atoms with E-state index in [1.807, 2.05) is 38.7 Å². The Morgan fingerprint density at radius 3 is 2.69 bits per heavy atom. The van der Waals surface area contributed by atoms with Gasteiger partial charge in [0.2, 0.25) is 0 Å². The van der Waals surface area contributed by atoms with Gasteiger partial charge in [-0.05, 0) is 39.1 Å². The van der Waals surface area contributed by atoms with Crippen molar-refractivity contribution < 1.29 is 0 Å². The Kier molecular flexibility index (Phi) is 5.67. The normalized spacial score (nSPS) is 10.9. The molecule has 0 aromatic carbocycles. The van der Waals surface area contributed by atoms with Gasteiger partial charge in [0.15, 0.2) is 5.11 Å². The minimum absolute atomic E-state index is 0.547. The van der Waals surface area contributed by atoms with Gasteiger partial charge >= 0.3 is 0 Å². The van der Waals surface area contributed by atoms with Crippen molar-refractivity contribution in [3.63, 3.8) is 0 Å². The van der Waals surface area contributed by atoms with Gasteiger partial charge in [0.1, 0.15) is 0 Å². The molecule has 0 spiro atoms. The molecule has 138 valence electrons. The van der Waals surface area contributed by atoms with Crippen molar-refractivity contribution in [1.82, 2.24) is 34.7 Å². The summed E-state index contributed by atoms with van der Waals surface area (Å²) in [5, 5.41) is 20.0. The van der Waals surface area contributed by atoms with Crippen LogP contribution in [0, 0.1) is 6.92 Å². The lowest BCUT2D eigenvalue weighted by Crippen LogP contribution is -2.28. The molecular formula is C17H24N8S. The van der Waals surface area contributed by atoms with Crippen molar-refractivity contribution in [1.29, 1.82) is 0 Å². The molecule has 0 unspecified atom stereocenters. The highest BCUT2D eigenvalue weighted by molar-refractivity contribution is 7.80. The fraction of sp³-hybridized carbons (Fsp3) is 0.412. The van der Waals surface area contributed by atoms with E-state index >= 15 is 0 Å². The van der Waals surface area contributed by atoms with E-state index in [9.17, 15) is 0 Å². The topological polar surface area (TPSA) is 77.5 Å². The zero-order valence-corrected chi connectivity index (χ0v) is 16.1. The third-order valence-corrected chi connectivity index (χ3v) is 4.42. The zero-order valence-electron chi connectivity index (χ0n) is 15.3. The van der Waals surface area contributed by atoms with Gasteiger partial charge in [0, 0.05) is 36.7 Å². The van der Waals surface area contributed by atoms with Crippen LogP contribution in [0.4, 0.5) is 5.69 Å². The van der Waals surface area contributed by atoms with Crippen LogP contribution < -0.4 is 10.6 Å². The van der Waals surface area contributed by atoms with Gasteiger partial charge in [-0.1, -0.05) is 0 Å². The van der Waals surface area contributed by atoms with Crippen LogP contribution in [0.25, 0.3) is 0 Å². The molecule has 0 radical (unpaired) electrons. The van der Waals surface area contributed by atoms with Gasteiger partial charge in [-0.25, -0.2) is 0 Å². The number of nitrogens with zero attached hydrogens (tertiary/aromatic N) is 6. The fourth-order valence-electron chi connectivity index (χ4n) is 2.67. The van der Waals surface area contributed by atoms with Crippen LogP contribution >= 0.6 is 12.2 Å². The van der Waals surface area contributed by atoms with Crippen LogP contribution in [0.2, 0.25) is 0 Å². The maximum atomic E-state index is 5.34. The van der Waals surface area contributed by atoms with Gasteiger partial charge in [-0.2, -0.15) is 15.3 Å². The Labute approximate surface area is 158 Å². The molecule has 0 amide bonds. The first-order valence-corrected chi connectivity index (χ1v) is 9.10. The number of hydrogen-bond donors (Lipinski definition) is 2. The number of hydrogen-bond acceptors (Lipinski definition) is 4. The first-order chi connectivity index (χ1) is 12.6. The van der Waals surface area contributed by atoms with Crippen LogP contribution in [0.1, 0.15) is 30.8 Å². The summed E-state index contributed by atoms with van der Waals surface area (Å²) in [6, 6.07) is 1.98. The lowest BCUT2D eigenvalue weighted by Gasteiger charge is -2.07. The van der Waals surface area contributed by atoms with Crippen molar-refractivity contribution in [2.24, 2.45) is 0 Å². The molecule has 2 N–H and O–H groups in total. The highest BCUT2D eigenvalue weighted by Gasteiger charge is 2.08. The van der Waals surface area contributed by atoms with E-state index in [-0.39, 0.29) is 0 Å². The quantitative estimate of drug-likeness (QED) is 0.619. The van der Waals surface area contributed by atoms with Crippen molar-refractivity contribution in [2.75, 3.05) is 5.32 Å². The third kappa shape index (κ3) is 4.29. The standard InChI is InChI=1S/C17H24N8S/c1-4-23-7-6-15(22-23)9-18-17(26)21-16-10-19-24(12-16)11-14-8-20-25(5-2)13(14)3/h6-8,10,12H,4-5,9,11H2,1-3H3,(H2,18,21,26). The Morgan fingerprint density at radius 2 is 2.00 bits per heavy atom. The second kappa shape index (κ2) is 8.13. The highest BCUT2D eigenvalue weighted by Crippen LogP contribution is 2.11. The zero-order chi connectivity index (χ0) is 18.5. The van der Waals surface area contributed by atoms with Gasteiger partial charge in [0.25, 0.3) is 0 Å². The molecule has 0 bridgehead atoms. The molecule has 0 fully saturated rings. The van der Waals surface area contributed by atoms with Crippen molar-refractivity contribution in [2.45, 2.75) is 47.0 Å². The van der Waals surface area contributed by atoms with Gasteiger partial charge < -0.3 is 10.6 Å². The number of nitrogens with one attached hydrogen (secondary N) is 2. The molecule has 8 nitrogen and oxygen atoms in total. The number of thiocarbonyl (C=S) groups is 1. The Bertz CT molecular complexity index is 875. The first-order valence-electron chi connectivity index (χ1n) is 8.70. The number of anilines is 1. The molecular weight excluding hydrogens is 348 g/mol. The highest BCUT2D eigenvalue weighted by atomic mass is 32.1. The minimum Gasteiger partial charge on any atom is -0.357 e. The number of aromatic nitrogens is 6. The molecule has 0 saturated carbocycles. The lowest BCUT2D eigenvalue weighted by atomic mass is 10.2. The van der Waals surface area contributed by atoms with E-state index in [0.29, 0.717) is 18.2 Å². The summed E-state index contributed by atoms with van der Waals surface area (Å²) in [4.78, 5) is 0. The monoisotopic (exact) mass is 372 g/mol. The predicted octanol–water partition coefficient (Wildman–Crippen LogP) is 2.16. The van der Waals surface area contributed by atoms with E-state index in [0.717, 1.165) is 30.0 Å². The summed E-state index contributed by atoms with van der Waals surface area (Å²) >= 11 is 5.34. The largest absolute Gasteiger partial charge is 0.357 e. The molecule has 0 aliphatic rings. The average molecular weight is 373 g/mol. The van der Waals surface area contributed by atoms with Crippen molar-refractivity contribution in [3.05, 3.63) is 47.8 Å². The lowest BCUT2D eigenvalue weighted by molar-refractivity contribution is 0.633. The Hall–Kier alpha value is -2.68. The Morgan fingerprint density at radius 1 is 1.15 bits per heavy atom. The molecule has 0 aliphatic carbocycles. The van der Waals surface area contributed by atoms with Gasteiger partial charge in [0.05, 0.1) is 36.9 Å². The number of rotatable bonds is 7. The average Bonchev–Trinajstić information content (AvgIpc) is 3.35. The summed E-state index contributed by atoms with van der Waals surface area (Å²) in [5.74, 6) is 0. The van der Waals surface area contributed by atoms with Crippen LogP contribution in [0.5, 0.6) is 0 Å². The molecule has 3 aromatic rings. The predicted molar refractivity (Wildman–Crippen MR) is 105 cm³/mol. The summed E-state index contributed by atoms with van der Waals surface area (Å²) in [6.45, 7) is 9.22. The SMILES string of the molecule is CCn1ccc(CNC(=S)Nc2cnn(Cc3cnn(CC)c3C)c2)n1. The molecule has 0 saturated heterocycles. The molecule has 3 heterocycles. The minimum atomic E-state index is 0.547. The third-order valence-electron chi connectivity index (χ3n) is 4.18. The van der Waals surface area contributed by atoms with E-state index < -0.39 is 0 Å². The molecule has 26 heavy (non-hydrogen) atoms. The Balaban J connectivity index is 1.52. The summed E-state index contributed by atoms with van der Waals surface area (Å²) in [5.41, 5.74) is 4.13. The molecule has 3 aromatic heterocycles. The summed E-state index contributed by atoms with van der Waals surface area (Å²) < 4.78 is 5.75. The summed E-state index contributed by atoms with van der Waals surface area (Å²) in [7, 11) is 0. The van der Waals surface area contributed by atoms with Crippen LogP contribution in [-0.4, -0.2) is 34.5 Å². The fourth-order valence-corrected chi connectivity index (χ4v) is 2.86. The maximum Gasteiger partial charge on any atom is 0.171 e. The second-order valence-electron chi connectivity index (χ2n) is 5.97. The molecule has 0 atom stereocenters. The molecule has 3 rings (SSSR count). The van der Waals surface area contributed by atoms with Crippen LogP contribution in [-0.2, 0) is 26.2 Å². The van der Waals surface area contributed by atoms with E-state index in [1.165, 1.54) is 5.69 Å². The number of aryl methyl sites for hydroxylation is 2. The van der Waals surface area contributed by atoms with Crippen LogP contribution in [0.3, 0.4) is 0 Å². The van der Waals surface area contributed by atoms with E-state index in [2.05, 4.69) is 46.7 Å². The van der Waals surface area contributed by atoms with E-state index in [1.54, 1.807) is 6.20 Å². The molecule has 9 heteroatoms. The maximum absolute atomic E-state index is 5.34. The van der Waals surface area contributed by atoms with E-state index in [4.69, 9.17) is 12.2 Å². The summed E-state index contributed by atoms with van der Waals surface area (Å²) in [6.07, 6.45) is 7.55. The van der Waals surface area contributed by atoms with Gasteiger partial charge in [-0.15, -0.1) is 0 Å². The first kappa shape index (κ1) is 18.1.